The fourth-order valence-corrected chi connectivity index (χ4v) is 2.45. The third kappa shape index (κ3) is 2.63. The van der Waals surface area contributed by atoms with Crippen LogP contribution in [0.4, 0.5) is 5.69 Å². The van der Waals surface area contributed by atoms with Gasteiger partial charge in [-0.05, 0) is 25.1 Å². The molecule has 0 aliphatic rings. The van der Waals surface area contributed by atoms with E-state index in [0.29, 0.717) is 5.89 Å². The Morgan fingerprint density at radius 1 is 1.37 bits per heavy atom. The highest BCUT2D eigenvalue weighted by Gasteiger charge is 2.09. The van der Waals surface area contributed by atoms with Crippen molar-refractivity contribution >= 4 is 17.0 Å². The van der Waals surface area contributed by atoms with Gasteiger partial charge in [0.05, 0.1) is 17.2 Å². The van der Waals surface area contributed by atoms with Gasteiger partial charge < -0.3 is 9.73 Å². The third-order valence-corrected chi connectivity index (χ3v) is 3.35. The Balaban J connectivity index is 1.80. The Hall–Kier alpha value is -2.21. The van der Waals surface area contributed by atoms with Gasteiger partial charge in [-0.3, -0.25) is 0 Å². The first kappa shape index (κ1) is 11.9. The van der Waals surface area contributed by atoms with E-state index >= 15 is 0 Å². The molecule has 6 heteroatoms. The molecule has 0 saturated heterocycles. The van der Waals surface area contributed by atoms with Gasteiger partial charge in [-0.15, -0.1) is 21.5 Å². The van der Waals surface area contributed by atoms with Gasteiger partial charge in [0.2, 0.25) is 12.3 Å². The molecule has 1 unspecified atom stereocenters. The Labute approximate surface area is 114 Å². The van der Waals surface area contributed by atoms with Crippen molar-refractivity contribution in [2.24, 2.45) is 0 Å². The molecular formula is C13H12N4OS. The van der Waals surface area contributed by atoms with E-state index < -0.39 is 0 Å². The number of hydrogen-bond donors (Lipinski definition) is 1. The summed E-state index contributed by atoms with van der Waals surface area (Å²) in [6.45, 7) is 2.08. The molecule has 19 heavy (non-hydrogen) atoms. The maximum absolute atomic E-state index is 5.19. The molecule has 0 radical (unpaired) electrons. The summed E-state index contributed by atoms with van der Waals surface area (Å²) in [5.74, 6) is 0.518. The second-order valence-corrected chi connectivity index (χ2v) is 4.82. The second-order valence-electron chi connectivity index (χ2n) is 4.10. The minimum absolute atomic E-state index is 0.157. The lowest BCUT2D eigenvalue weighted by atomic mass is 10.1. The standard InChI is InChI=1S/C13H12N4OS/c1-9(12-6-19-8-14-12)16-11-4-2-3-10(5-11)13-17-15-7-18-13/h2-9,16H,1H3. The third-order valence-electron chi connectivity index (χ3n) is 2.75. The smallest absolute Gasteiger partial charge is 0.247 e. The summed E-state index contributed by atoms with van der Waals surface area (Å²) in [7, 11) is 0. The fourth-order valence-electron chi connectivity index (χ4n) is 1.80. The predicted molar refractivity (Wildman–Crippen MR) is 73.9 cm³/mol. The van der Waals surface area contributed by atoms with Crippen LogP contribution in [-0.4, -0.2) is 15.2 Å². The molecule has 3 aromatic rings. The van der Waals surface area contributed by atoms with Crippen LogP contribution in [0, 0.1) is 0 Å². The Kier molecular flexibility index (Phi) is 3.24. The van der Waals surface area contributed by atoms with Crippen molar-refractivity contribution in [2.45, 2.75) is 13.0 Å². The van der Waals surface area contributed by atoms with Crippen molar-refractivity contribution < 1.29 is 4.42 Å². The monoisotopic (exact) mass is 272 g/mol. The van der Waals surface area contributed by atoms with Gasteiger partial charge in [0.15, 0.2) is 0 Å². The van der Waals surface area contributed by atoms with E-state index in [1.54, 1.807) is 11.3 Å². The molecule has 96 valence electrons. The highest BCUT2D eigenvalue weighted by molar-refractivity contribution is 7.07. The number of nitrogens with zero attached hydrogens (tertiary/aromatic N) is 3. The molecule has 1 N–H and O–H groups in total. The molecule has 0 bridgehead atoms. The highest BCUT2D eigenvalue weighted by atomic mass is 32.1. The zero-order valence-corrected chi connectivity index (χ0v) is 11.1. The van der Waals surface area contributed by atoms with Crippen LogP contribution in [-0.2, 0) is 0 Å². The van der Waals surface area contributed by atoms with E-state index in [1.807, 2.05) is 35.2 Å². The number of hydrogen-bond acceptors (Lipinski definition) is 6. The summed E-state index contributed by atoms with van der Waals surface area (Å²) < 4.78 is 5.19. The van der Waals surface area contributed by atoms with Crippen LogP contribution >= 0.6 is 11.3 Å². The molecule has 3 rings (SSSR count). The van der Waals surface area contributed by atoms with Crippen molar-refractivity contribution in [3.63, 3.8) is 0 Å². The summed E-state index contributed by atoms with van der Waals surface area (Å²) >= 11 is 1.60. The van der Waals surface area contributed by atoms with Crippen LogP contribution in [0.3, 0.4) is 0 Å². The number of aromatic nitrogens is 3. The topological polar surface area (TPSA) is 63.8 Å². The number of thiazole rings is 1. The van der Waals surface area contributed by atoms with Gasteiger partial charge in [0.25, 0.3) is 0 Å². The van der Waals surface area contributed by atoms with E-state index in [0.717, 1.165) is 16.9 Å². The molecule has 0 amide bonds. The zero-order valence-electron chi connectivity index (χ0n) is 10.3. The first-order chi connectivity index (χ1) is 9.33. The van der Waals surface area contributed by atoms with Crippen LogP contribution in [0.15, 0.2) is 46.0 Å². The molecule has 2 heterocycles. The molecule has 0 saturated carbocycles. The summed E-state index contributed by atoms with van der Waals surface area (Å²) in [5, 5.41) is 13.0. The van der Waals surface area contributed by atoms with Crippen LogP contribution in [0.5, 0.6) is 0 Å². The lowest BCUT2D eigenvalue weighted by Gasteiger charge is -2.13. The normalized spacial score (nSPS) is 12.3. The molecular weight excluding hydrogens is 260 g/mol. The van der Waals surface area contributed by atoms with Crippen LogP contribution in [0.2, 0.25) is 0 Å². The van der Waals surface area contributed by atoms with E-state index in [4.69, 9.17) is 4.42 Å². The van der Waals surface area contributed by atoms with Crippen LogP contribution < -0.4 is 5.32 Å². The average Bonchev–Trinajstić information content (AvgIpc) is 3.13. The number of rotatable bonds is 4. The number of nitrogens with one attached hydrogen (secondary N) is 1. The Morgan fingerprint density at radius 3 is 3.05 bits per heavy atom. The molecule has 0 aliphatic carbocycles. The van der Waals surface area contributed by atoms with E-state index in [2.05, 4.69) is 27.4 Å². The van der Waals surface area contributed by atoms with Gasteiger partial charge in [-0.1, -0.05) is 6.07 Å². The van der Waals surface area contributed by atoms with Gasteiger partial charge in [-0.2, -0.15) is 0 Å². The summed E-state index contributed by atoms with van der Waals surface area (Å²) in [6.07, 6.45) is 1.33. The van der Waals surface area contributed by atoms with Crippen LogP contribution in [0.25, 0.3) is 11.5 Å². The van der Waals surface area contributed by atoms with Crippen molar-refractivity contribution in [3.05, 3.63) is 47.2 Å². The molecule has 1 atom stereocenters. The van der Waals surface area contributed by atoms with Crippen LogP contribution in [0.1, 0.15) is 18.7 Å². The molecule has 0 fully saturated rings. The Morgan fingerprint density at radius 2 is 2.32 bits per heavy atom. The van der Waals surface area contributed by atoms with Crippen molar-refractivity contribution in [1.82, 2.24) is 15.2 Å². The number of benzene rings is 1. The van der Waals surface area contributed by atoms with Crippen molar-refractivity contribution in [3.8, 4) is 11.5 Å². The van der Waals surface area contributed by atoms with E-state index in [9.17, 15) is 0 Å². The van der Waals surface area contributed by atoms with E-state index in [1.165, 1.54) is 6.39 Å². The largest absolute Gasteiger partial charge is 0.423 e. The average molecular weight is 272 g/mol. The molecule has 1 aromatic carbocycles. The first-order valence-electron chi connectivity index (χ1n) is 5.84. The minimum Gasteiger partial charge on any atom is -0.423 e. The van der Waals surface area contributed by atoms with Crippen molar-refractivity contribution in [2.75, 3.05) is 5.32 Å². The predicted octanol–water partition coefficient (Wildman–Crippen LogP) is 3.37. The second kappa shape index (κ2) is 5.19. The Bertz CT molecular complexity index is 636. The fraction of sp³-hybridized carbons (Fsp3) is 0.154. The van der Waals surface area contributed by atoms with Crippen molar-refractivity contribution in [1.29, 1.82) is 0 Å². The van der Waals surface area contributed by atoms with Gasteiger partial charge >= 0.3 is 0 Å². The van der Waals surface area contributed by atoms with Gasteiger partial charge in [0, 0.05) is 16.6 Å². The maximum atomic E-state index is 5.19. The lowest BCUT2D eigenvalue weighted by molar-refractivity contribution is 0.568. The maximum Gasteiger partial charge on any atom is 0.247 e. The minimum atomic E-state index is 0.157. The van der Waals surface area contributed by atoms with Gasteiger partial charge in [-0.25, -0.2) is 4.98 Å². The quantitative estimate of drug-likeness (QED) is 0.789. The highest BCUT2D eigenvalue weighted by Crippen LogP contribution is 2.23. The molecule has 5 nitrogen and oxygen atoms in total. The SMILES string of the molecule is CC(Nc1cccc(-c2nnco2)c1)c1cscn1. The number of anilines is 1. The molecule has 2 aromatic heterocycles. The zero-order chi connectivity index (χ0) is 13.1. The first-order valence-corrected chi connectivity index (χ1v) is 6.78. The lowest BCUT2D eigenvalue weighted by Crippen LogP contribution is -2.06. The summed E-state index contributed by atoms with van der Waals surface area (Å²) in [6, 6.07) is 8.03. The van der Waals surface area contributed by atoms with Gasteiger partial charge in [0.1, 0.15) is 0 Å². The molecule has 0 spiro atoms. The molecule has 0 aliphatic heterocycles. The summed E-state index contributed by atoms with van der Waals surface area (Å²) in [5.41, 5.74) is 4.76. The van der Waals surface area contributed by atoms with E-state index in [-0.39, 0.29) is 6.04 Å². The summed E-state index contributed by atoms with van der Waals surface area (Å²) in [4.78, 5) is 4.30.